The van der Waals surface area contributed by atoms with E-state index in [2.05, 4.69) is 5.32 Å². The molecule has 0 fully saturated rings. The lowest BCUT2D eigenvalue weighted by Crippen LogP contribution is -2.37. The number of halogens is 1. The standard InChI is InChI=1S/C19H22FNO2/c1-19(2,15-9-6-10-16(20)11-15)13-21-18(23)12-17(22)14-7-4-3-5-8-14/h3-11,17,22H,12-13H2,1-2H3,(H,21,23). The van der Waals surface area contributed by atoms with Crippen LogP contribution in [0.5, 0.6) is 0 Å². The lowest BCUT2D eigenvalue weighted by molar-refractivity contribution is -0.123. The van der Waals surface area contributed by atoms with Crippen molar-refractivity contribution >= 4 is 5.91 Å². The van der Waals surface area contributed by atoms with Crippen molar-refractivity contribution in [2.24, 2.45) is 0 Å². The van der Waals surface area contributed by atoms with E-state index in [1.165, 1.54) is 12.1 Å². The highest BCUT2D eigenvalue weighted by molar-refractivity contribution is 5.76. The predicted molar refractivity (Wildman–Crippen MR) is 88.5 cm³/mol. The Hall–Kier alpha value is -2.20. The average Bonchev–Trinajstić information content (AvgIpc) is 2.54. The summed E-state index contributed by atoms with van der Waals surface area (Å²) < 4.78 is 13.3. The molecule has 0 aliphatic rings. The summed E-state index contributed by atoms with van der Waals surface area (Å²) in [7, 11) is 0. The van der Waals surface area contributed by atoms with Gasteiger partial charge >= 0.3 is 0 Å². The fourth-order valence-corrected chi connectivity index (χ4v) is 2.37. The number of rotatable bonds is 6. The van der Waals surface area contributed by atoms with Gasteiger partial charge in [-0.25, -0.2) is 4.39 Å². The maximum Gasteiger partial charge on any atom is 0.222 e. The molecule has 1 atom stereocenters. The Morgan fingerprint density at radius 2 is 1.87 bits per heavy atom. The zero-order valence-electron chi connectivity index (χ0n) is 13.4. The molecule has 0 saturated heterocycles. The van der Waals surface area contributed by atoms with Gasteiger partial charge in [0.05, 0.1) is 12.5 Å². The summed E-state index contributed by atoms with van der Waals surface area (Å²) in [5.74, 6) is -0.521. The molecule has 3 nitrogen and oxygen atoms in total. The smallest absolute Gasteiger partial charge is 0.222 e. The topological polar surface area (TPSA) is 49.3 Å². The summed E-state index contributed by atoms with van der Waals surface area (Å²) in [4.78, 5) is 12.0. The van der Waals surface area contributed by atoms with E-state index < -0.39 is 11.5 Å². The van der Waals surface area contributed by atoms with Gasteiger partial charge in [0.25, 0.3) is 0 Å². The van der Waals surface area contributed by atoms with E-state index in [1.54, 1.807) is 18.2 Å². The van der Waals surface area contributed by atoms with E-state index in [-0.39, 0.29) is 18.1 Å². The van der Waals surface area contributed by atoms with Gasteiger partial charge in [-0.2, -0.15) is 0 Å². The minimum absolute atomic E-state index is 0.00322. The molecule has 1 unspecified atom stereocenters. The number of hydrogen-bond donors (Lipinski definition) is 2. The molecule has 0 bridgehead atoms. The minimum atomic E-state index is -0.825. The molecule has 2 aromatic rings. The summed E-state index contributed by atoms with van der Waals surface area (Å²) in [5.41, 5.74) is 1.14. The SMILES string of the molecule is CC(C)(CNC(=O)CC(O)c1ccccc1)c1cccc(F)c1. The molecule has 1 amide bonds. The van der Waals surface area contributed by atoms with Crippen LogP contribution in [0.2, 0.25) is 0 Å². The van der Waals surface area contributed by atoms with Crippen molar-refractivity contribution in [3.63, 3.8) is 0 Å². The largest absolute Gasteiger partial charge is 0.388 e. The number of carbonyl (C=O) groups is 1. The lowest BCUT2D eigenvalue weighted by Gasteiger charge is -2.26. The third-order valence-corrected chi connectivity index (χ3v) is 3.90. The van der Waals surface area contributed by atoms with Crippen molar-refractivity contribution in [3.8, 4) is 0 Å². The highest BCUT2D eigenvalue weighted by Gasteiger charge is 2.22. The number of aliphatic hydroxyl groups is 1. The van der Waals surface area contributed by atoms with Crippen LogP contribution in [0.3, 0.4) is 0 Å². The monoisotopic (exact) mass is 315 g/mol. The van der Waals surface area contributed by atoms with Crippen molar-refractivity contribution in [2.75, 3.05) is 6.54 Å². The number of benzene rings is 2. The maximum absolute atomic E-state index is 13.3. The quantitative estimate of drug-likeness (QED) is 0.859. The molecular weight excluding hydrogens is 293 g/mol. The molecule has 2 rings (SSSR count). The van der Waals surface area contributed by atoms with Crippen LogP contribution in [0.25, 0.3) is 0 Å². The molecule has 0 aliphatic carbocycles. The van der Waals surface area contributed by atoms with Crippen LogP contribution in [0.4, 0.5) is 4.39 Å². The number of amides is 1. The molecule has 122 valence electrons. The Bertz CT molecular complexity index is 655. The maximum atomic E-state index is 13.3. The van der Waals surface area contributed by atoms with Gasteiger partial charge in [0.2, 0.25) is 5.91 Å². The first-order valence-corrected chi connectivity index (χ1v) is 7.64. The van der Waals surface area contributed by atoms with Crippen molar-refractivity contribution in [3.05, 3.63) is 71.5 Å². The number of nitrogens with one attached hydrogen (secondary N) is 1. The molecule has 0 saturated carbocycles. The molecule has 0 aliphatic heterocycles. The van der Waals surface area contributed by atoms with E-state index in [0.717, 1.165) is 5.56 Å². The summed E-state index contributed by atoms with van der Waals surface area (Å²) in [5, 5.41) is 12.9. The van der Waals surface area contributed by atoms with Crippen LogP contribution < -0.4 is 5.32 Å². The summed E-state index contributed by atoms with van der Waals surface area (Å²) in [6.07, 6.45) is -0.822. The molecule has 0 heterocycles. The summed E-state index contributed by atoms with van der Waals surface area (Å²) in [6.45, 7) is 4.25. The molecule has 2 aromatic carbocycles. The van der Waals surface area contributed by atoms with E-state index in [0.29, 0.717) is 12.1 Å². The third kappa shape index (κ3) is 4.89. The first-order valence-electron chi connectivity index (χ1n) is 7.64. The van der Waals surface area contributed by atoms with E-state index in [9.17, 15) is 14.3 Å². The van der Waals surface area contributed by atoms with Gasteiger partial charge in [0.15, 0.2) is 0 Å². The molecule has 2 N–H and O–H groups in total. The fraction of sp³-hybridized carbons (Fsp3) is 0.316. The lowest BCUT2D eigenvalue weighted by atomic mass is 9.84. The van der Waals surface area contributed by atoms with Crippen LogP contribution in [-0.2, 0) is 10.2 Å². The third-order valence-electron chi connectivity index (χ3n) is 3.90. The second kappa shape index (κ2) is 7.38. The van der Waals surface area contributed by atoms with Gasteiger partial charge in [-0.15, -0.1) is 0 Å². The van der Waals surface area contributed by atoms with Crippen LogP contribution in [0.1, 0.15) is 37.5 Å². The molecule has 4 heteroatoms. The average molecular weight is 315 g/mol. The van der Waals surface area contributed by atoms with Crippen molar-refractivity contribution in [1.29, 1.82) is 0 Å². The summed E-state index contributed by atoms with van der Waals surface area (Å²) in [6, 6.07) is 15.5. The van der Waals surface area contributed by atoms with E-state index in [4.69, 9.17) is 0 Å². The van der Waals surface area contributed by atoms with Gasteiger partial charge < -0.3 is 10.4 Å². The van der Waals surface area contributed by atoms with Crippen LogP contribution in [0.15, 0.2) is 54.6 Å². The van der Waals surface area contributed by atoms with Gasteiger partial charge in [-0.05, 0) is 23.3 Å². The Morgan fingerprint density at radius 3 is 2.52 bits per heavy atom. The van der Waals surface area contributed by atoms with Gasteiger partial charge in [0.1, 0.15) is 5.82 Å². The van der Waals surface area contributed by atoms with Crippen molar-refractivity contribution in [1.82, 2.24) is 5.32 Å². The van der Waals surface area contributed by atoms with E-state index in [1.807, 2.05) is 38.1 Å². The predicted octanol–water partition coefficient (Wildman–Crippen LogP) is 3.34. The van der Waals surface area contributed by atoms with Crippen LogP contribution >= 0.6 is 0 Å². The van der Waals surface area contributed by atoms with Gasteiger partial charge in [0, 0.05) is 12.0 Å². The zero-order chi connectivity index (χ0) is 16.9. The number of carbonyl (C=O) groups excluding carboxylic acids is 1. The minimum Gasteiger partial charge on any atom is -0.388 e. The van der Waals surface area contributed by atoms with Crippen LogP contribution in [-0.4, -0.2) is 17.6 Å². The summed E-state index contributed by atoms with van der Waals surface area (Å²) >= 11 is 0. The van der Waals surface area contributed by atoms with Gasteiger partial charge in [-0.3, -0.25) is 4.79 Å². The second-order valence-corrected chi connectivity index (χ2v) is 6.30. The second-order valence-electron chi connectivity index (χ2n) is 6.30. The molecule has 0 aromatic heterocycles. The Balaban J connectivity index is 1.91. The highest BCUT2D eigenvalue weighted by Crippen LogP contribution is 2.23. The first-order chi connectivity index (χ1) is 10.9. The number of hydrogen-bond acceptors (Lipinski definition) is 2. The Morgan fingerprint density at radius 1 is 1.17 bits per heavy atom. The molecule has 0 spiro atoms. The number of aliphatic hydroxyl groups excluding tert-OH is 1. The Labute approximate surface area is 136 Å². The molecule has 23 heavy (non-hydrogen) atoms. The van der Waals surface area contributed by atoms with Crippen LogP contribution in [0, 0.1) is 5.82 Å². The zero-order valence-corrected chi connectivity index (χ0v) is 13.4. The highest BCUT2D eigenvalue weighted by atomic mass is 19.1. The fourth-order valence-electron chi connectivity index (χ4n) is 2.37. The Kier molecular flexibility index (Phi) is 5.50. The van der Waals surface area contributed by atoms with E-state index >= 15 is 0 Å². The molecular formula is C19H22FNO2. The van der Waals surface area contributed by atoms with Crippen molar-refractivity contribution < 1.29 is 14.3 Å². The van der Waals surface area contributed by atoms with Crippen molar-refractivity contribution in [2.45, 2.75) is 31.8 Å². The normalized spacial score (nSPS) is 12.7. The van der Waals surface area contributed by atoms with Gasteiger partial charge in [-0.1, -0.05) is 56.3 Å². The first kappa shape index (κ1) is 17.2. The molecule has 0 radical (unpaired) electrons.